The largest absolute Gasteiger partial charge is 0.478 e. The van der Waals surface area contributed by atoms with E-state index in [0.717, 1.165) is 5.90 Å². The lowest BCUT2D eigenvalue weighted by molar-refractivity contribution is 0.233. The first-order valence-electron chi connectivity index (χ1n) is 11.0. The van der Waals surface area contributed by atoms with Gasteiger partial charge in [-0.05, 0) is 30.0 Å². The van der Waals surface area contributed by atoms with Gasteiger partial charge in [0.05, 0.1) is 12.6 Å². The van der Waals surface area contributed by atoms with Gasteiger partial charge in [-0.2, -0.15) is 17.7 Å². The van der Waals surface area contributed by atoms with E-state index < -0.39 is 7.92 Å². The van der Waals surface area contributed by atoms with Crippen molar-refractivity contribution in [3.8, 4) is 0 Å². The maximum atomic E-state index is 5.87. The normalized spacial score (nSPS) is 17.5. The van der Waals surface area contributed by atoms with Gasteiger partial charge in [0.15, 0.2) is 5.90 Å². The molecule has 0 saturated carbocycles. The molecule has 31 heavy (non-hydrogen) atoms. The molecule has 3 aromatic rings. The maximum absolute atomic E-state index is 5.87. The van der Waals surface area contributed by atoms with Crippen molar-refractivity contribution < 1.29 is 4.74 Å². The Morgan fingerprint density at radius 1 is 1.03 bits per heavy atom. The fourth-order valence-corrected chi connectivity index (χ4v) is 6.45. The van der Waals surface area contributed by atoms with Crippen molar-refractivity contribution in [2.45, 2.75) is 39.8 Å². The first-order chi connectivity index (χ1) is 14.9. The Balaban J connectivity index is 1.56. The predicted molar refractivity (Wildman–Crippen MR) is 134 cm³/mol. The molecule has 0 spiro atoms. The summed E-state index contributed by atoms with van der Waals surface area (Å²) in [6.45, 7) is 10.2. The topological polar surface area (TPSA) is 33.6 Å². The summed E-state index contributed by atoms with van der Waals surface area (Å²) in [4.78, 5) is 4.80. The highest BCUT2D eigenvalue weighted by Crippen LogP contribution is 2.36. The lowest BCUT2D eigenvalue weighted by atomic mass is 9.88. The van der Waals surface area contributed by atoms with Crippen LogP contribution in [0.1, 0.15) is 39.3 Å². The summed E-state index contributed by atoms with van der Waals surface area (Å²) in [6, 6.07) is 28.9. The van der Waals surface area contributed by atoms with Crippen LogP contribution in [0.25, 0.3) is 0 Å². The molecule has 4 heteroatoms. The first kappa shape index (κ1) is 21.9. The minimum absolute atomic E-state index is 0.132. The Morgan fingerprint density at radius 2 is 1.65 bits per heavy atom. The second-order valence-electron chi connectivity index (χ2n) is 9.19. The lowest BCUT2D eigenvalue weighted by Gasteiger charge is -2.28. The van der Waals surface area contributed by atoms with Gasteiger partial charge in [-0.3, -0.25) is 0 Å². The minimum atomic E-state index is -0.607. The second kappa shape index (κ2) is 9.42. The van der Waals surface area contributed by atoms with Gasteiger partial charge in [-0.25, -0.2) is 11.1 Å². The third-order valence-electron chi connectivity index (χ3n) is 5.83. The minimum Gasteiger partial charge on any atom is -0.478 e. The number of nitrogens with one attached hydrogen (secondary N) is 1. The number of hydrogen-bond donors (Lipinski definition) is 1. The highest BCUT2D eigenvalue weighted by Gasteiger charge is 2.30. The first-order valence-corrected chi connectivity index (χ1v) is 12.4. The molecule has 1 aliphatic rings. The molecule has 0 aliphatic carbocycles. The molecule has 0 amide bonds. The molecule has 4 rings (SSSR count). The summed E-state index contributed by atoms with van der Waals surface area (Å²) in [5.74, 6) is 0.827. The smallest absolute Gasteiger partial charge is 0.198 e. The summed E-state index contributed by atoms with van der Waals surface area (Å²) in [5, 5.41) is 7.81. The van der Waals surface area contributed by atoms with Crippen LogP contribution < -0.4 is 21.2 Å². The van der Waals surface area contributed by atoms with Crippen LogP contribution >= 0.6 is 7.92 Å². The molecule has 0 aromatic heterocycles. The number of benzene rings is 2. The summed E-state index contributed by atoms with van der Waals surface area (Å²) in [7, 11) is -0.607. The van der Waals surface area contributed by atoms with Crippen LogP contribution in [0, 0.1) is 5.41 Å². The Hall–Kier alpha value is -2.35. The van der Waals surface area contributed by atoms with Crippen molar-refractivity contribution in [3.05, 3.63) is 84.4 Å². The Labute approximate surface area is 187 Å². The van der Waals surface area contributed by atoms with E-state index in [4.69, 9.17) is 9.73 Å². The van der Waals surface area contributed by atoms with Crippen molar-refractivity contribution >= 4 is 29.7 Å². The zero-order chi connectivity index (χ0) is 21.8. The zero-order valence-electron chi connectivity index (χ0n) is 18.9. The van der Waals surface area contributed by atoms with E-state index in [9.17, 15) is 0 Å². The van der Waals surface area contributed by atoms with E-state index in [2.05, 4.69) is 112 Å². The summed E-state index contributed by atoms with van der Waals surface area (Å²) in [5.41, 5.74) is 1.48. The van der Waals surface area contributed by atoms with E-state index >= 15 is 0 Å². The molecule has 0 bridgehead atoms. The van der Waals surface area contributed by atoms with Crippen LogP contribution in [0.3, 0.4) is 0 Å². The van der Waals surface area contributed by atoms with Crippen LogP contribution in [0.5, 0.6) is 0 Å². The summed E-state index contributed by atoms with van der Waals surface area (Å²) < 4.78 is 5.87. The van der Waals surface area contributed by atoms with Crippen molar-refractivity contribution in [2.24, 2.45) is 10.4 Å². The quantitative estimate of drug-likeness (QED) is 0.436. The zero-order valence-corrected chi connectivity index (χ0v) is 19.8. The molecule has 162 valence electrons. The molecular formula is C27H32N2OP-. The molecule has 0 fully saturated rings. The molecule has 3 aromatic carbocycles. The van der Waals surface area contributed by atoms with E-state index in [-0.39, 0.29) is 17.5 Å². The van der Waals surface area contributed by atoms with E-state index in [1.54, 1.807) is 0 Å². The van der Waals surface area contributed by atoms with Gasteiger partial charge in [0.1, 0.15) is 6.61 Å². The second-order valence-corrected chi connectivity index (χ2v) is 11.4. The number of nitrogens with zero attached hydrogens (tertiary/aromatic N) is 1. The standard InChI is InChI=1S/C27H32N2OP/c1-20(28-18-26-29-25(19-30-26)27(2,3)4)23-16-11-17-24(23)31(21-12-7-5-8-13-21)22-14-9-6-10-15-22/h5-17,20,25,28H,18-19H2,1-4H3/q-1/t20-,25+/m0/s1. The Morgan fingerprint density at radius 3 is 2.19 bits per heavy atom. The molecule has 1 heterocycles. The van der Waals surface area contributed by atoms with Crippen LogP contribution in [-0.2, 0) is 4.74 Å². The van der Waals surface area contributed by atoms with Crippen molar-refractivity contribution in [3.63, 3.8) is 0 Å². The van der Waals surface area contributed by atoms with Gasteiger partial charge >= 0.3 is 0 Å². The SMILES string of the molecule is C[C@H](NCC1=N[C@@H](C(C)(C)C)CO1)c1cc[cH-]c1P(c1ccccc1)c1ccccc1. The summed E-state index contributed by atoms with van der Waals surface area (Å²) in [6.07, 6.45) is 0. The van der Waals surface area contributed by atoms with Crippen molar-refractivity contribution in [1.29, 1.82) is 0 Å². The molecule has 0 radical (unpaired) electrons. The lowest BCUT2D eigenvalue weighted by Crippen LogP contribution is -2.30. The number of ether oxygens (including phenoxy) is 1. The van der Waals surface area contributed by atoms with Crippen LogP contribution in [0.2, 0.25) is 0 Å². The van der Waals surface area contributed by atoms with E-state index in [0.29, 0.717) is 13.2 Å². The van der Waals surface area contributed by atoms with Gasteiger partial charge in [0.25, 0.3) is 0 Å². The molecule has 1 N–H and O–H groups in total. The van der Waals surface area contributed by atoms with Gasteiger partial charge in [0, 0.05) is 0 Å². The van der Waals surface area contributed by atoms with Crippen molar-refractivity contribution in [1.82, 2.24) is 5.32 Å². The van der Waals surface area contributed by atoms with Gasteiger partial charge in [-0.1, -0.05) is 88.4 Å². The van der Waals surface area contributed by atoms with Crippen LogP contribution in [0.4, 0.5) is 0 Å². The predicted octanol–water partition coefficient (Wildman–Crippen LogP) is 4.66. The fraction of sp³-hybridized carbons (Fsp3) is 0.333. The fourth-order valence-electron chi connectivity index (χ4n) is 3.89. The Kier molecular flexibility index (Phi) is 6.65. The third-order valence-corrected chi connectivity index (χ3v) is 8.35. The van der Waals surface area contributed by atoms with Crippen LogP contribution in [0.15, 0.2) is 83.9 Å². The highest BCUT2D eigenvalue weighted by molar-refractivity contribution is 7.79. The highest BCUT2D eigenvalue weighted by atomic mass is 31.1. The average Bonchev–Trinajstić information content (AvgIpc) is 3.44. The third kappa shape index (κ3) is 5.11. The molecule has 2 atom stereocenters. The number of rotatable bonds is 7. The Bertz CT molecular complexity index is 965. The molecule has 1 aliphatic heterocycles. The van der Waals surface area contributed by atoms with Gasteiger partial charge in [0.2, 0.25) is 0 Å². The van der Waals surface area contributed by atoms with Gasteiger partial charge < -0.3 is 10.1 Å². The molecule has 0 saturated heterocycles. The van der Waals surface area contributed by atoms with Gasteiger partial charge in [-0.15, -0.1) is 5.30 Å². The van der Waals surface area contributed by atoms with E-state index in [1.165, 1.54) is 21.5 Å². The van der Waals surface area contributed by atoms with Crippen molar-refractivity contribution in [2.75, 3.05) is 13.2 Å². The summed E-state index contributed by atoms with van der Waals surface area (Å²) >= 11 is 0. The molecule has 0 unspecified atom stereocenters. The molecular weight excluding hydrogens is 399 g/mol. The maximum Gasteiger partial charge on any atom is 0.198 e. The average molecular weight is 432 g/mol. The monoisotopic (exact) mass is 431 g/mol. The molecule has 3 nitrogen and oxygen atoms in total. The van der Waals surface area contributed by atoms with Crippen LogP contribution in [-0.4, -0.2) is 25.1 Å². The van der Waals surface area contributed by atoms with E-state index in [1.807, 2.05) is 0 Å². The number of aliphatic imine (C=N–C) groups is 1. The number of hydrogen-bond acceptors (Lipinski definition) is 3.